The van der Waals surface area contributed by atoms with Crippen molar-refractivity contribution in [1.29, 1.82) is 0 Å². The second-order valence-electron chi connectivity index (χ2n) is 3.55. The maximum Gasteiger partial charge on any atom is 0.250 e. The minimum Gasteiger partial charge on any atom is -0.398 e. The number of nitrogens with two attached hydrogens (primary N) is 1. The molecule has 2 aromatic rings. The lowest BCUT2D eigenvalue weighted by Crippen LogP contribution is -2.19. The van der Waals surface area contributed by atoms with Gasteiger partial charge in [0.2, 0.25) is 5.16 Å². The van der Waals surface area contributed by atoms with E-state index < -0.39 is 0 Å². The Labute approximate surface area is 102 Å². The van der Waals surface area contributed by atoms with E-state index in [1.807, 2.05) is 6.92 Å². The topological polar surface area (TPSA) is 89.6 Å². The molecule has 0 saturated carbocycles. The van der Waals surface area contributed by atoms with Crippen LogP contribution in [0.2, 0.25) is 0 Å². The van der Waals surface area contributed by atoms with E-state index in [4.69, 9.17) is 5.73 Å². The van der Waals surface area contributed by atoms with Crippen LogP contribution < -0.4 is 11.3 Å². The summed E-state index contributed by atoms with van der Waals surface area (Å²) in [7, 11) is 0. The van der Waals surface area contributed by atoms with Crippen LogP contribution in [0.5, 0.6) is 0 Å². The van der Waals surface area contributed by atoms with Crippen molar-refractivity contribution < 1.29 is 0 Å². The van der Waals surface area contributed by atoms with E-state index in [1.54, 1.807) is 16.8 Å². The molecule has 0 aliphatic carbocycles. The van der Waals surface area contributed by atoms with Crippen molar-refractivity contribution in [3.8, 4) is 0 Å². The third kappa shape index (κ3) is 3.10. The summed E-state index contributed by atoms with van der Waals surface area (Å²) < 4.78 is 1.59. The average molecular weight is 251 g/mol. The van der Waals surface area contributed by atoms with Crippen molar-refractivity contribution >= 4 is 17.4 Å². The van der Waals surface area contributed by atoms with Crippen LogP contribution in [0.15, 0.2) is 28.3 Å². The van der Waals surface area contributed by atoms with Gasteiger partial charge in [-0.05, 0) is 13.0 Å². The zero-order valence-electron chi connectivity index (χ0n) is 9.38. The number of aromatic nitrogens is 4. The quantitative estimate of drug-likeness (QED) is 0.779. The molecule has 0 radical (unpaired) electrons. The predicted molar refractivity (Wildman–Crippen MR) is 67.0 cm³/mol. The summed E-state index contributed by atoms with van der Waals surface area (Å²) in [5.74, 6) is 1.51. The molecule has 0 spiro atoms. The van der Waals surface area contributed by atoms with Crippen LogP contribution in [0.4, 0.5) is 5.69 Å². The van der Waals surface area contributed by atoms with E-state index in [0.29, 0.717) is 17.4 Å². The van der Waals surface area contributed by atoms with Crippen molar-refractivity contribution in [2.75, 3.05) is 11.5 Å². The Morgan fingerprint density at radius 1 is 1.53 bits per heavy atom. The lowest BCUT2D eigenvalue weighted by Gasteiger charge is -2.04. The molecule has 7 heteroatoms. The second-order valence-corrected chi connectivity index (χ2v) is 4.61. The first-order chi connectivity index (χ1) is 8.15. The van der Waals surface area contributed by atoms with Crippen molar-refractivity contribution in [3.63, 3.8) is 0 Å². The number of thioether (sulfide) groups is 1. The van der Waals surface area contributed by atoms with Gasteiger partial charge in [0.15, 0.2) is 0 Å². The summed E-state index contributed by atoms with van der Waals surface area (Å²) >= 11 is 1.50. The molecule has 0 atom stereocenters. The first kappa shape index (κ1) is 11.7. The Morgan fingerprint density at radius 2 is 2.35 bits per heavy atom. The van der Waals surface area contributed by atoms with Crippen molar-refractivity contribution in [2.45, 2.75) is 18.6 Å². The SMILES string of the molecule is Cc1nc(SCCn2cc(N)ccc2=O)n[nH]1. The summed E-state index contributed by atoms with van der Waals surface area (Å²) in [6.45, 7) is 2.43. The summed E-state index contributed by atoms with van der Waals surface area (Å²) in [5.41, 5.74) is 6.15. The molecule has 2 heterocycles. The highest BCUT2D eigenvalue weighted by Crippen LogP contribution is 2.12. The number of rotatable bonds is 4. The van der Waals surface area contributed by atoms with Crippen LogP contribution in [0, 0.1) is 6.92 Å². The Morgan fingerprint density at radius 3 is 3.06 bits per heavy atom. The largest absolute Gasteiger partial charge is 0.398 e. The molecule has 6 nitrogen and oxygen atoms in total. The van der Waals surface area contributed by atoms with E-state index in [9.17, 15) is 4.79 Å². The number of nitrogen functional groups attached to an aromatic ring is 1. The molecular weight excluding hydrogens is 238 g/mol. The van der Waals surface area contributed by atoms with Gasteiger partial charge in [0.25, 0.3) is 5.56 Å². The summed E-state index contributed by atoms with van der Waals surface area (Å²) in [4.78, 5) is 15.6. The highest BCUT2D eigenvalue weighted by Gasteiger charge is 2.01. The fourth-order valence-corrected chi connectivity index (χ4v) is 2.13. The maximum atomic E-state index is 11.5. The highest BCUT2D eigenvalue weighted by atomic mass is 32.2. The molecule has 0 aliphatic heterocycles. The molecule has 0 saturated heterocycles. The molecule has 0 fully saturated rings. The Hall–Kier alpha value is -1.76. The van der Waals surface area contributed by atoms with Gasteiger partial charge in [-0.2, -0.15) is 0 Å². The zero-order chi connectivity index (χ0) is 12.3. The van der Waals surface area contributed by atoms with Crippen LogP contribution in [0.1, 0.15) is 5.82 Å². The first-order valence-corrected chi connectivity index (χ1v) is 6.11. The number of nitrogens with one attached hydrogen (secondary N) is 1. The monoisotopic (exact) mass is 251 g/mol. The molecule has 0 unspecified atom stereocenters. The fourth-order valence-electron chi connectivity index (χ4n) is 1.35. The molecule has 90 valence electrons. The van der Waals surface area contributed by atoms with Gasteiger partial charge in [-0.3, -0.25) is 9.89 Å². The molecule has 2 aromatic heterocycles. The third-order valence-electron chi connectivity index (χ3n) is 2.15. The summed E-state index contributed by atoms with van der Waals surface area (Å²) in [6, 6.07) is 3.07. The number of hydrogen-bond acceptors (Lipinski definition) is 5. The van der Waals surface area contributed by atoms with Crippen molar-refractivity contribution in [2.24, 2.45) is 0 Å². The fraction of sp³-hybridized carbons (Fsp3) is 0.300. The van der Waals surface area contributed by atoms with Gasteiger partial charge < -0.3 is 10.3 Å². The number of nitrogens with zero attached hydrogens (tertiary/aromatic N) is 3. The van der Waals surface area contributed by atoms with Crippen LogP contribution in [-0.2, 0) is 6.54 Å². The molecule has 3 N–H and O–H groups in total. The Bertz CT molecular complexity index is 562. The average Bonchev–Trinajstić information content (AvgIpc) is 2.69. The van der Waals surface area contributed by atoms with E-state index in [1.165, 1.54) is 17.8 Å². The minimum atomic E-state index is -0.0500. The third-order valence-corrected chi connectivity index (χ3v) is 2.97. The van der Waals surface area contributed by atoms with Gasteiger partial charge in [-0.1, -0.05) is 11.8 Å². The molecule has 0 aromatic carbocycles. The van der Waals surface area contributed by atoms with Crippen molar-refractivity contribution in [1.82, 2.24) is 19.7 Å². The standard InChI is InChI=1S/C10H13N5OS/c1-7-12-10(14-13-7)17-5-4-15-6-8(11)2-3-9(15)16/h2-3,6H,4-5,11H2,1H3,(H,12,13,14). The van der Waals surface area contributed by atoms with Crippen LogP contribution in [0.3, 0.4) is 0 Å². The number of aromatic amines is 1. The van der Waals surface area contributed by atoms with Crippen LogP contribution in [0.25, 0.3) is 0 Å². The maximum absolute atomic E-state index is 11.5. The van der Waals surface area contributed by atoms with Crippen LogP contribution in [-0.4, -0.2) is 25.5 Å². The summed E-state index contributed by atoms with van der Waals surface area (Å²) in [6.07, 6.45) is 1.64. The van der Waals surface area contributed by atoms with E-state index >= 15 is 0 Å². The number of anilines is 1. The Kier molecular flexibility index (Phi) is 3.48. The molecule has 2 rings (SSSR count). The van der Waals surface area contributed by atoms with Crippen LogP contribution >= 0.6 is 11.8 Å². The highest BCUT2D eigenvalue weighted by molar-refractivity contribution is 7.99. The smallest absolute Gasteiger partial charge is 0.250 e. The van der Waals surface area contributed by atoms with Gasteiger partial charge in [0, 0.05) is 30.2 Å². The van der Waals surface area contributed by atoms with Gasteiger partial charge in [-0.25, -0.2) is 4.98 Å². The Balaban J connectivity index is 1.94. The number of aryl methyl sites for hydroxylation is 2. The van der Waals surface area contributed by atoms with Crippen molar-refractivity contribution in [3.05, 3.63) is 34.5 Å². The molecule has 17 heavy (non-hydrogen) atoms. The van der Waals surface area contributed by atoms with E-state index in [2.05, 4.69) is 15.2 Å². The molecule has 0 amide bonds. The number of pyridine rings is 1. The normalized spacial score (nSPS) is 10.6. The number of hydrogen-bond donors (Lipinski definition) is 2. The number of H-pyrrole nitrogens is 1. The van der Waals surface area contributed by atoms with E-state index in [-0.39, 0.29) is 5.56 Å². The zero-order valence-corrected chi connectivity index (χ0v) is 10.2. The van der Waals surface area contributed by atoms with Gasteiger partial charge in [0.05, 0.1) is 0 Å². The molecule has 0 aliphatic rings. The van der Waals surface area contributed by atoms with Gasteiger partial charge in [0.1, 0.15) is 5.82 Å². The second kappa shape index (κ2) is 5.05. The first-order valence-electron chi connectivity index (χ1n) is 5.13. The van der Waals surface area contributed by atoms with Gasteiger partial charge >= 0.3 is 0 Å². The van der Waals surface area contributed by atoms with Gasteiger partial charge in [-0.15, -0.1) is 5.10 Å². The molecule has 0 bridgehead atoms. The lowest BCUT2D eigenvalue weighted by atomic mass is 10.4. The lowest BCUT2D eigenvalue weighted by molar-refractivity contribution is 0.736. The summed E-state index contributed by atoms with van der Waals surface area (Å²) in [5, 5.41) is 7.46. The van der Waals surface area contributed by atoms with E-state index in [0.717, 1.165) is 11.6 Å². The minimum absolute atomic E-state index is 0.0500. The molecular formula is C10H13N5OS. The predicted octanol–water partition coefficient (Wildman–Crippen LogP) is 0.649.